The molecule has 0 heterocycles. The van der Waals surface area contributed by atoms with E-state index in [1.807, 2.05) is 0 Å². The Hall–Kier alpha value is -1.63. The van der Waals surface area contributed by atoms with Gasteiger partial charge in [0.2, 0.25) is 0 Å². The van der Waals surface area contributed by atoms with Crippen LogP contribution < -0.4 is 19.9 Å². The number of rotatable bonds is 6. The quantitative estimate of drug-likeness (QED) is 0.876. The van der Waals surface area contributed by atoms with Crippen LogP contribution in [-0.4, -0.2) is 27.5 Å². The van der Waals surface area contributed by atoms with Crippen LogP contribution in [0.4, 0.5) is 13.2 Å². The lowest BCUT2D eigenvalue weighted by Gasteiger charge is -2.20. The molecule has 2 N–H and O–H groups in total. The molecular weight excluding hydrogens is 275 g/mol. The van der Waals surface area contributed by atoms with E-state index in [1.54, 1.807) is 12.1 Å². The summed E-state index contributed by atoms with van der Waals surface area (Å²) in [5.41, 5.74) is 6.25. The molecule has 0 aliphatic heterocycles. The van der Waals surface area contributed by atoms with Crippen molar-refractivity contribution < 1.29 is 27.4 Å². The van der Waals surface area contributed by atoms with E-state index in [0.717, 1.165) is 0 Å². The van der Waals surface area contributed by atoms with Crippen LogP contribution in [0.15, 0.2) is 12.1 Å². The minimum atomic E-state index is -4.25. The van der Waals surface area contributed by atoms with Gasteiger partial charge in [0.05, 0.1) is 26.9 Å². The van der Waals surface area contributed by atoms with Gasteiger partial charge in [0.25, 0.3) is 0 Å². The van der Waals surface area contributed by atoms with Crippen molar-refractivity contribution in [1.82, 2.24) is 0 Å². The van der Waals surface area contributed by atoms with Gasteiger partial charge in [-0.15, -0.1) is 0 Å². The summed E-state index contributed by atoms with van der Waals surface area (Å²) in [6.45, 7) is 0. The molecule has 0 radical (unpaired) electrons. The number of hydrogen-bond acceptors (Lipinski definition) is 4. The molecule has 0 saturated heterocycles. The molecule has 0 fully saturated rings. The summed E-state index contributed by atoms with van der Waals surface area (Å²) in [7, 11) is 4.29. The van der Waals surface area contributed by atoms with Gasteiger partial charge in [0, 0.05) is 24.6 Å². The third-order valence-corrected chi connectivity index (χ3v) is 2.86. The molecule has 0 spiro atoms. The number of alkyl halides is 3. The smallest absolute Gasteiger partial charge is 0.389 e. The van der Waals surface area contributed by atoms with Gasteiger partial charge in [-0.3, -0.25) is 0 Å². The van der Waals surface area contributed by atoms with Crippen LogP contribution in [0.25, 0.3) is 0 Å². The lowest BCUT2D eigenvalue weighted by molar-refractivity contribution is -0.136. The lowest BCUT2D eigenvalue weighted by Crippen LogP contribution is -2.17. The zero-order valence-electron chi connectivity index (χ0n) is 11.6. The molecule has 4 nitrogen and oxygen atoms in total. The monoisotopic (exact) mass is 293 g/mol. The summed E-state index contributed by atoms with van der Waals surface area (Å²) in [6.07, 6.45) is -5.46. The predicted molar refractivity (Wildman–Crippen MR) is 68.3 cm³/mol. The highest BCUT2D eigenvalue weighted by Gasteiger charge is 2.29. The largest absolute Gasteiger partial charge is 0.496 e. The maximum absolute atomic E-state index is 12.3. The van der Waals surface area contributed by atoms with E-state index < -0.39 is 18.6 Å². The van der Waals surface area contributed by atoms with Gasteiger partial charge in [-0.05, 0) is 6.42 Å². The first kappa shape index (κ1) is 16.4. The second-order valence-electron chi connectivity index (χ2n) is 4.21. The van der Waals surface area contributed by atoms with E-state index in [1.165, 1.54) is 21.3 Å². The minimum absolute atomic E-state index is 0.247. The number of halogens is 3. The van der Waals surface area contributed by atoms with Crippen molar-refractivity contribution in [3.05, 3.63) is 17.7 Å². The fourth-order valence-electron chi connectivity index (χ4n) is 1.86. The Balaban J connectivity index is 3.08. The van der Waals surface area contributed by atoms with Gasteiger partial charge in [0.15, 0.2) is 0 Å². The number of methoxy groups -OCH3 is 3. The van der Waals surface area contributed by atoms with Crippen molar-refractivity contribution in [2.24, 2.45) is 5.73 Å². The molecule has 114 valence electrons. The van der Waals surface area contributed by atoms with Crippen LogP contribution >= 0.6 is 0 Å². The summed E-state index contributed by atoms with van der Waals surface area (Å²) in [6, 6.07) is 2.28. The highest BCUT2D eigenvalue weighted by molar-refractivity contribution is 5.52. The summed E-state index contributed by atoms with van der Waals surface area (Å²) >= 11 is 0. The normalized spacial score (nSPS) is 12.9. The second kappa shape index (κ2) is 6.69. The van der Waals surface area contributed by atoms with E-state index in [0.29, 0.717) is 22.8 Å². The maximum Gasteiger partial charge on any atom is 0.389 e. The fourth-order valence-corrected chi connectivity index (χ4v) is 1.86. The predicted octanol–water partition coefficient (Wildman–Crippen LogP) is 3.05. The zero-order chi connectivity index (χ0) is 15.3. The molecule has 1 atom stereocenters. The molecule has 0 aliphatic carbocycles. The van der Waals surface area contributed by atoms with Gasteiger partial charge in [0.1, 0.15) is 17.2 Å². The second-order valence-corrected chi connectivity index (χ2v) is 4.21. The summed E-state index contributed by atoms with van der Waals surface area (Å²) < 4.78 is 52.2. The fraction of sp³-hybridized carbons (Fsp3) is 0.538. The third kappa shape index (κ3) is 4.19. The highest BCUT2D eigenvalue weighted by Crippen LogP contribution is 2.39. The van der Waals surface area contributed by atoms with E-state index in [9.17, 15) is 13.2 Å². The topological polar surface area (TPSA) is 53.7 Å². The molecule has 1 aromatic rings. The van der Waals surface area contributed by atoms with Crippen molar-refractivity contribution in [3.63, 3.8) is 0 Å². The van der Waals surface area contributed by atoms with Crippen LogP contribution in [0.3, 0.4) is 0 Å². The van der Waals surface area contributed by atoms with Crippen molar-refractivity contribution in [2.45, 2.75) is 25.1 Å². The molecule has 0 unspecified atom stereocenters. The van der Waals surface area contributed by atoms with Gasteiger partial charge in [-0.1, -0.05) is 0 Å². The summed E-state index contributed by atoms with van der Waals surface area (Å²) in [4.78, 5) is 0. The highest BCUT2D eigenvalue weighted by atomic mass is 19.4. The number of ether oxygens (including phenoxy) is 3. The molecule has 1 aromatic carbocycles. The van der Waals surface area contributed by atoms with Crippen LogP contribution in [0.5, 0.6) is 17.2 Å². The minimum Gasteiger partial charge on any atom is -0.496 e. The van der Waals surface area contributed by atoms with Crippen LogP contribution in [0.2, 0.25) is 0 Å². The Morgan fingerprint density at radius 1 is 1.05 bits per heavy atom. The first-order valence-electron chi connectivity index (χ1n) is 5.94. The van der Waals surface area contributed by atoms with Crippen molar-refractivity contribution in [1.29, 1.82) is 0 Å². The van der Waals surface area contributed by atoms with Crippen LogP contribution in [0, 0.1) is 0 Å². The molecule has 0 aliphatic rings. The molecule has 20 heavy (non-hydrogen) atoms. The van der Waals surface area contributed by atoms with E-state index in [-0.39, 0.29) is 6.42 Å². The molecular formula is C13H18F3NO3. The Bertz CT molecular complexity index is 424. The molecule has 1 rings (SSSR count). The molecule has 0 bridgehead atoms. The SMILES string of the molecule is COc1cc(OC)c([C@H](N)CCC(F)(F)F)c(OC)c1. The zero-order valence-corrected chi connectivity index (χ0v) is 11.6. The van der Waals surface area contributed by atoms with Gasteiger partial charge < -0.3 is 19.9 Å². The Labute approximate surface area is 115 Å². The number of hydrogen-bond donors (Lipinski definition) is 1. The average molecular weight is 293 g/mol. The van der Waals surface area contributed by atoms with Gasteiger partial charge in [-0.25, -0.2) is 0 Å². The molecule has 0 saturated carbocycles. The van der Waals surface area contributed by atoms with E-state index in [4.69, 9.17) is 19.9 Å². The Morgan fingerprint density at radius 2 is 1.55 bits per heavy atom. The van der Waals surface area contributed by atoms with Crippen molar-refractivity contribution in [2.75, 3.05) is 21.3 Å². The first-order chi connectivity index (χ1) is 9.32. The van der Waals surface area contributed by atoms with Crippen LogP contribution in [0.1, 0.15) is 24.4 Å². The standard InChI is InChI=1S/C13H18F3NO3/c1-18-8-6-10(19-2)12(11(7-8)20-3)9(17)4-5-13(14,15)16/h6-7,9H,4-5,17H2,1-3H3/t9-/m1/s1. The molecule has 0 aromatic heterocycles. The molecule has 0 amide bonds. The summed E-state index contributed by atoms with van der Waals surface area (Å²) in [5.74, 6) is 1.16. The van der Waals surface area contributed by atoms with Gasteiger partial charge in [-0.2, -0.15) is 13.2 Å². The van der Waals surface area contributed by atoms with E-state index in [2.05, 4.69) is 0 Å². The average Bonchev–Trinajstić information content (AvgIpc) is 2.42. The van der Waals surface area contributed by atoms with E-state index >= 15 is 0 Å². The lowest BCUT2D eigenvalue weighted by atomic mass is 10.00. The van der Waals surface area contributed by atoms with Crippen LogP contribution in [-0.2, 0) is 0 Å². The Morgan fingerprint density at radius 3 is 1.90 bits per heavy atom. The maximum atomic E-state index is 12.3. The molecule has 7 heteroatoms. The first-order valence-corrected chi connectivity index (χ1v) is 5.94. The number of benzene rings is 1. The Kier molecular flexibility index (Phi) is 5.50. The summed E-state index contributed by atoms with van der Waals surface area (Å²) in [5, 5.41) is 0. The third-order valence-electron chi connectivity index (χ3n) is 2.86. The van der Waals surface area contributed by atoms with Crippen molar-refractivity contribution >= 4 is 0 Å². The number of nitrogens with two attached hydrogens (primary N) is 1. The van der Waals surface area contributed by atoms with Crippen molar-refractivity contribution in [3.8, 4) is 17.2 Å². The van der Waals surface area contributed by atoms with Gasteiger partial charge >= 0.3 is 6.18 Å².